The molecular weight excluding hydrogens is 394 g/mol. The van der Waals surface area contributed by atoms with Gasteiger partial charge >= 0.3 is 0 Å². The van der Waals surface area contributed by atoms with Gasteiger partial charge in [-0.15, -0.1) is 6.58 Å². The van der Waals surface area contributed by atoms with Crippen LogP contribution < -0.4 is 9.46 Å². The number of fused-ring (bicyclic) bond motifs is 3. The van der Waals surface area contributed by atoms with E-state index in [1.165, 1.54) is 11.1 Å². The summed E-state index contributed by atoms with van der Waals surface area (Å²) in [5.74, 6) is 1.32. The molecule has 2 bridgehead atoms. The van der Waals surface area contributed by atoms with Gasteiger partial charge in [-0.05, 0) is 72.8 Å². The van der Waals surface area contributed by atoms with Gasteiger partial charge in [0.1, 0.15) is 12.4 Å². The van der Waals surface area contributed by atoms with Crippen LogP contribution in [0.15, 0.2) is 73.2 Å². The lowest BCUT2D eigenvalue weighted by atomic mass is 9.77. The Morgan fingerprint density at radius 1 is 1.03 bits per heavy atom. The lowest BCUT2D eigenvalue weighted by Gasteiger charge is -2.38. The standard InChI is InChI=1S/C25H29NO3S/c1-3-14-25(26-30(27,28)4-2)22-11-12-23(25)16-21-17-24(13-10-20(21)15-22)29-18-19-8-6-5-7-9-19/h3-10,13,17,22-23,26H,1-2,11-12,14-16,18H2/t22-,23?,25+/m0/s1. The topological polar surface area (TPSA) is 55.4 Å². The normalized spacial score (nSPS) is 25.2. The molecule has 5 heteroatoms. The van der Waals surface area contributed by atoms with Crippen molar-refractivity contribution >= 4 is 10.0 Å². The second-order valence-corrected chi connectivity index (χ2v) is 10.1. The molecule has 2 aromatic rings. The predicted octanol–water partition coefficient (Wildman–Crippen LogP) is 4.77. The minimum absolute atomic E-state index is 0.223. The molecule has 1 saturated carbocycles. The van der Waals surface area contributed by atoms with Crippen LogP contribution in [-0.4, -0.2) is 14.0 Å². The first-order valence-electron chi connectivity index (χ1n) is 10.5. The zero-order valence-electron chi connectivity index (χ0n) is 17.2. The molecule has 1 N–H and O–H groups in total. The minimum atomic E-state index is -3.54. The molecule has 0 heterocycles. The van der Waals surface area contributed by atoms with Gasteiger partial charge in [0.15, 0.2) is 0 Å². The van der Waals surface area contributed by atoms with Gasteiger partial charge in [-0.1, -0.05) is 49.1 Å². The number of hydrogen-bond donors (Lipinski definition) is 1. The number of benzene rings is 2. The molecule has 4 rings (SSSR count). The highest BCUT2D eigenvalue weighted by Crippen LogP contribution is 2.50. The van der Waals surface area contributed by atoms with Crippen LogP contribution in [0.1, 0.15) is 36.0 Å². The smallest absolute Gasteiger partial charge is 0.233 e. The van der Waals surface area contributed by atoms with Crippen molar-refractivity contribution in [3.05, 3.63) is 89.9 Å². The van der Waals surface area contributed by atoms with Crippen LogP contribution in [-0.2, 0) is 29.5 Å². The first-order valence-corrected chi connectivity index (χ1v) is 12.1. The van der Waals surface area contributed by atoms with E-state index in [9.17, 15) is 8.42 Å². The van der Waals surface area contributed by atoms with Gasteiger partial charge in [0.2, 0.25) is 10.0 Å². The summed E-state index contributed by atoms with van der Waals surface area (Å²) >= 11 is 0. The van der Waals surface area contributed by atoms with Crippen molar-refractivity contribution in [3.63, 3.8) is 0 Å². The minimum Gasteiger partial charge on any atom is -0.489 e. The average molecular weight is 424 g/mol. The zero-order valence-corrected chi connectivity index (χ0v) is 18.0. The lowest BCUT2D eigenvalue weighted by molar-refractivity contribution is 0.226. The first kappa shape index (κ1) is 20.9. The summed E-state index contributed by atoms with van der Waals surface area (Å²) in [5, 5.41) is 1.02. The fourth-order valence-corrected chi connectivity index (χ4v) is 6.29. The Labute approximate surface area is 179 Å². The molecule has 0 saturated heterocycles. The highest BCUT2D eigenvalue weighted by atomic mass is 32.2. The Morgan fingerprint density at radius 3 is 2.40 bits per heavy atom. The second kappa shape index (κ2) is 8.40. The summed E-state index contributed by atoms with van der Waals surface area (Å²) in [6.07, 6.45) is 6.19. The van der Waals surface area contributed by atoms with Crippen LogP contribution >= 0.6 is 0 Å². The summed E-state index contributed by atoms with van der Waals surface area (Å²) in [5.41, 5.74) is 3.19. The number of ether oxygens (including phenoxy) is 1. The average Bonchev–Trinajstić information content (AvgIpc) is 2.97. The SMILES string of the molecule is C=CC[C@]1(NS(=O)(=O)C=C)C2CC[C@H]1Cc1ccc(OCc3ccccc3)cc1C2. The molecule has 30 heavy (non-hydrogen) atoms. The highest BCUT2D eigenvalue weighted by Gasteiger charge is 2.52. The molecule has 0 aliphatic heterocycles. The molecule has 2 aliphatic carbocycles. The third kappa shape index (κ3) is 4.09. The molecular formula is C25H29NO3S. The van der Waals surface area contributed by atoms with E-state index >= 15 is 0 Å². The van der Waals surface area contributed by atoms with Crippen LogP contribution in [0.2, 0.25) is 0 Å². The predicted molar refractivity (Wildman–Crippen MR) is 121 cm³/mol. The molecule has 3 atom stereocenters. The van der Waals surface area contributed by atoms with Crippen molar-refractivity contribution in [2.75, 3.05) is 0 Å². The van der Waals surface area contributed by atoms with Gasteiger partial charge in [0.25, 0.3) is 0 Å². The van der Waals surface area contributed by atoms with E-state index in [2.05, 4.69) is 42.1 Å². The van der Waals surface area contributed by atoms with Crippen LogP contribution in [0.5, 0.6) is 5.75 Å². The van der Waals surface area contributed by atoms with Gasteiger partial charge in [0.05, 0.1) is 0 Å². The fraction of sp³-hybridized carbons (Fsp3) is 0.360. The van der Waals surface area contributed by atoms with Crippen molar-refractivity contribution < 1.29 is 13.2 Å². The van der Waals surface area contributed by atoms with E-state index in [1.54, 1.807) is 0 Å². The third-order valence-corrected chi connectivity index (χ3v) is 7.82. The molecule has 0 amide bonds. The molecule has 4 nitrogen and oxygen atoms in total. The number of sulfonamides is 1. The summed E-state index contributed by atoms with van der Waals surface area (Å²) in [6, 6.07) is 16.4. The van der Waals surface area contributed by atoms with Crippen molar-refractivity contribution in [2.45, 2.75) is 44.2 Å². The van der Waals surface area contributed by atoms with Gasteiger partial charge in [-0.2, -0.15) is 0 Å². The van der Waals surface area contributed by atoms with Crippen LogP contribution in [0, 0.1) is 11.8 Å². The summed E-state index contributed by atoms with van der Waals surface area (Å²) in [7, 11) is -3.54. The van der Waals surface area contributed by atoms with E-state index in [0.717, 1.165) is 42.4 Å². The molecule has 0 radical (unpaired) electrons. The molecule has 158 valence electrons. The maximum atomic E-state index is 12.4. The Hall–Kier alpha value is -2.37. The van der Waals surface area contributed by atoms with Crippen LogP contribution in [0.25, 0.3) is 0 Å². The molecule has 0 aromatic heterocycles. The van der Waals surface area contributed by atoms with E-state index in [0.29, 0.717) is 13.0 Å². The summed E-state index contributed by atoms with van der Waals surface area (Å²) in [4.78, 5) is 0. The van der Waals surface area contributed by atoms with E-state index in [4.69, 9.17) is 4.74 Å². The van der Waals surface area contributed by atoms with Gasteiger partial charge in [-0.25, -0.2) is 13.1 Å². The summed E-state index contributed by atoms with van der Waals surface area (Å²) < 4.78 is 33.9. The number of hydrogen-bond acceptors (Lipinski definition) is 3. The molecule has 1 fully saturated rings. The Kier molecular flexibility index (Phi) is 5.85. The largest absolute Gasteiger partial charge is 0.489 e. The first-order chi connectivity index (χ1) is 14.5. The van der Waals surface area contributed by atoms with E-state index in [-0.39, 0.29) is 11.8 Å². The van der Waals surface area contributed by atoms with E-state index in [1.807, 2.05) is 30.3 Å². The van der Waals surface area contributed by atoms with Crippen molar-refractivity contribution in [1.29, 1.82) is 0 Å². The Balaban J connectivity index is 1.60. The molecule has 2 aromatic carbocycles. The molecule has 1 unspecified atom stereocenters. The number of rotatable bonds is 8. The van der Waals surface area contributed by atoms with E-state index < -0.39 is 15.6 Å². The van der Waals surface area contributed by atoms with Crippen molar-refractivity contribution in [2.24, 2.45) is 11.8 Å². The quantitative estimate of drug-likeness (QED) is 0.623. The Morgan fingerprint density at radius 2 is 1.73 bits per heavy atom. The van der Waals surface area contributed by atoms with Gasteiger partial charge in [-0.3, -0.25) is 0 Å². The second-order valence-electron chi connectivity index (χ2n) is 8.43. The van der Waals surface area contributed by atoms with Crippen molar-refractivity contribution in [3.8, 4) is 5.75 Å². The highest BCUT2D eigenvalue weighted by molar-refractivity contribution is 7.92. The number of nitrogens with one attached hydrogen (secondary N) is 1. The van der Waals surface area contributed by atoms with Crippen molar-refractivity contribution in [1.82, 2.24) is 4.72 Å². The maximum absolute atomic E-state index is 12.4. The van der Waals surface area contributed by atoms with Crippen LogP contribution in [0.3, 0.4) is 0 Å². The molecule has 0 spiro atoms. The van der Waals surface area contributed by atoms with Crippen LogP contribution in [0.4, 0.5) is 0 Å². The zero-order chi connectivity index (χ0) is 21.2. The van der Waals surface area contributed by atoms with Gasteiger partial charge < -0.3 is 4.74 Å². The fourth-order valence-electron chi connectivity index (χ4n) is 5.26. The third-order valence-electron chi connectivity index (χ3n) is 6.71. The van der Waals surface area contributed by atoms with Gasteiger partial charge in [0, 0.05) is 10.9 Å². The lowest BCUT2D eigenvalue weighted by Crippen LogP contribution is -2.54. The monoisotopic (exact) mass is 423 g/mol. The molecule has 2 aliphatic rings. The Bertz CT molecular complexity index is 1030. The maximum Gasteiger partial charge on any atom is 0.233 e. The summed E-state index contributed by atoms with van der Waals surface area (Å²) in [6.45, 7) is 7.94.